The third-order valence-electron chi connectivity index (χ3n) is 3.47. The van der Waals surface area contributed by atoms with E-state index in [2.05, 4.69) is 6.92 Å². The number of hydrogen-bond donors (Lipinski definition) is 2. The van der Waals surface area contributed by atoms with Gasteiger partial charge in [-0.15, -0.1) is 0 Å². The second-order valence-electron chi connectivity index (χ2n) is 5.15. The minimum absolute atomic E-state index is 0.197. The molecule has 3 nitrogen and oxygen atoms in total. The van der Waals surface area contributed by atoms with Gasteiger partial charge in [-0.2, -0.15) is 0 Å². The smallest absolute Gasteiger partial charge is 0.307 e. The van der Waals surface area contributed by atoms with Crippen LogP contribution in [0.4, 0.5) is 0 Å². The summed E-state index contributed by atoms with van der Waals surface area (Å²) in [6.07, 6.45) is 6.12. The number of hydrogen-bond acceptors (Lipinski definition) is 2. The number of carboxylic acids is 1. The summed E-state index contributed by atoms with van der Waals surface area (Å²) in [7, 11) is 0. The molecule has 0 aromatic heterocycles. The van der Waals surface area contributed by atoms with Crippen LogP contribution in [0.1, 0.15) is 46.0 Å². The van der Waals surface area contributed by atoms with E-state index >= 15 is 0 Å². The number of nitrogens with two attached hydrogens (primary N) is 1. The molecule has 0 spiro atoms. The van der Waals surface area contributed by atoms with Crippen LogP contribution in [0.25, 0.3) is 0 Å². The van der Waals surface area contributed by atoms with Crippen molar-refractivity contribution in [3.05, 3.63) is 0 Å². The zero-order valence-electron chi connectivity index (χ0n) is 9.78. The zero-order valence-corrected chi connectivity index (χ0v) is 9.78. The molecule has 88 valence electrons. The summed E-state index contributed by atoms with van der Waals surface area (Å²) in [5.41, 5.74) is 5.86. The van der Waals surface area contributed by atoms with Gasteiger partial charge in [-0.3, -0.25) is 4.79 Å². The molecule has 15 heavy (non-hydrogen) atoms. The van der Waals surface area contributed by atoms with Gasteiger partial charge in [0.1, 0.15) is 0 Å². The topological polar surface area (TPSA) is 63.3 Å². The molecule has 0 saturated heterocycles. The van der Waals surface area contributed by atoms with E-state index in [4.69, 9.17) is 10.8 Å². The lowest BCUT2D eigenvalue weighted by Crippen LogP contribution is -2.34. The highest BCUT2D eigenvalue weighted by atomic mass is 16.4. The van der Waals surface area contributed by atoms with Crippen molar-refractivity contribution < 1.29 is 9.90 Å². The molecule has 0 aromatic rings. The molecule has 0 aliphatic heterocycles. The molecule has 3 atom stereocenters. The van der Waals surface area contributed by atoms with E-state index in [0.717, 1.165) is 12.3 Å². The predicted octanol–water partition coefficient (Wildman–Crippen LogP) is 2.25. The average Bonchev–Trinajstić information content (AvgIpc) is 2.96. The van der Waals surface area contributed by atoms with Crippen molar-refractivity contribution in [1.82, 2.24) is 0 Å². The molecule has 1 unspecified atom stereocenters. The normalized spacial score (nSPS) is 22.1. The van der Waals surface area contributed by atoms with Gasteiger partial charge in [0, 0.05) is 6.04 Å². The van der Waals surface area contributed by atoms with Crippen molar-refractivity contribution in [2.45, 2.75) is 52.0 Å². The van der Waals surface area contributed by atoms with Gasteiger partial charge in [0.15, 0.2) is 0 Å². The molecule has 1 aliphatic carbocycles. The van der Waals surface area contributed by atoms with E-state index in [-0.39, 0.29) is 6.04 Å². The molecular weight excluding hydrogens is 190 g/mol. The molecule has 0 bridgehead atoms. The van der Waals surface area contributed by atoms with E-state index in [1.807, 2.05) is 0 Å². The second-order valence-corrected chi connectivity index (χ2v) is 5.15. The predicted molar refractivity (Wildman–Crippen MR) is 60.5 cm³/mol. The van der Waals surface area contributed by atoms with Crippen molar-refractivity contribution in [3.63, 3.8) is 0 Å². The Morgan fingerprint density at radius 1 is 1.47 bits per heavy atom. The number of carbonyl (C=O) groups is 1. The summed E-state index contributed by atoms with van der Waals surface area (Å²) in [6, 6.07) is -0.197. The molecule has 0 heterocycles. The molecule has 1 fully saturated rings. The van der Waals surface area contributed by atoms with E-state index in [0.29, 0.717) is 5.92 Å². The minimum Gasteiger partial charge on any atom is -0.481 e. The summed E-state index contributed by atoms with van der Waals surface area (Å²) in [5, 5.41) is 8.81. The van der Waals surface area contributed by atoms with Gasteiger partial charge in [0.05, 0.1) is 5.92 Å². The molecule has 0 radical (unpaired) electrons. The first-order valence-corrected chi connectivity index (χ1v) is 5.99. The lowest BCUT2D eigenvalue weighted by atomic mass is 9.90. The fourth-order valence-corrected chi connectivity index (χ4v) is 1.90. The lowest BCUT2D eigenvalue weighted by Gasteiger charge is -2.20. The first kappa shape index (κ1) is 12.5. The van der Waals surface area contributed by atoms with E-state index in [1.165, 1.54) is 25.7 Å². The van der Waals surface area contributed by atoms with Crippen molar-refractivity contribution >= 4 is 5.97 Å². The Kier molecular flexibility index (Phi) is 4.58. The Bertz CT molecular complexity index is 214. The van der Waals surface area contributed by atoms with Crippen LogP contribution < -0.4 is 5.73 Å². The third-order valence-corrected chi connectivity index (χ3v) is 3.47. The van der Waals surface area contributed by atoms with Crippen LogP contribution >= 0.6 is 0 Å². The van der Waals surface area contributed by atoms with Crippen LogP contribution in [0.2, 0.25) is 0 Å². The Morgan fingerprint density at radius 3 is 2.53 bits per heavy atom. The monoisotopic (exact) mass is 213 g/mol. The van der Waals surface area contributed by atoms with Gasteiger partial charge in [-0.05, 0) is 18.3 Å². The Balaban J connectivity index is 2.16. The molecule has 1 saturated carbocycles. The minimum atomic E-state index is -0.781. The zero-order chi connectivity index (χ0) is 11.4. The maximum Gasteiger partial charge on any atom is 0.307 e. The van der Waals surface area contributed by atoms with Gasteiger partial charge in [0.25, 0.3) is 0 Å². The van der Waals surface area contributed by atoms with Crippen molar-refractivity contribution in [3.8, 4) is 0 Å². The molecule has 1 rings (SSSR count). The van der Waals surface area contributed by atoms with E-state index in [1.54, 1.807) is 6.92 Å². The lowest BCUT2D eigenvalue weighted by molar-refractivity contribution is -0.141. The first-order chi connectivity index (χ1) is 7.00. The maximum atomic E-state index is 10.7. The van der Waals surface area contributed by atoms with Gasteiger partial charge in [-0.1, -0.05) is 39.5 Å². The first-order valence-electron chi connectivity index (χ1n) is 5.99. The highest BCUT2D eigenvalue weighted by Crippen LogP contribution is 2.35. The van der Waals surface area contributed by atoms with Gasteiger partial charge >= 0.3 is 5.97 Å². The summed E-state index contributed by atoms with van der Waals surface area (Å²) in [6.45, 7) is 3.87. The summed E-state index contributed by atoms with van der Waals surface area (Å²) >= 11 is 0. The second kappa shape index (κ2) is 5.50. The quantitative estimate of drug-likeness (QED) is 0.681. The third kappa shape index (κ3) is 4.65. The van der Waals surface area contributed by atoms with Crippen LogP contribution in [0.3, 0.4) is 0 Å². The van der Waals surface area contributed by atoms with Crippen molar-refractivity contribution in [2.24, 2.45) is 23.5 Å². The molecule has 3 N–H and O–H groups in total. The Morgan fingerprint density at radius 2 is 2.07 bits per heavy atom. The number of rotatable bonds is 7. The van der Waals surface area contributed by atoms with Crippen molar-refractivity contribution in [2.75, 3.05) is 0 Å². The Labute approximate surface area is 92.0 Å². The molecular formula is C12H23NO2. The van der Waals surface area contributed by atoms with Gasteiger partial charge in [0.2, 0.25) is 0 Å². The fraction of sp³-hybridized carbons (Fsp3) is 0.917. The van der Waals surface area contributed by atoms with Crippen LogP contribution in [0.5, 0.6) is 0 Å². The van der Waals surface area contributed by atoms with Crippen LogP contribution in [-0.2, 0) is 4.79 Å². The SMILES string of the molecule is CC(C(=O)O)[C@@H](N)C[C@H](C)CCC1CC1. The van der Waals surface area contributed by atoms with Crippen LogP contribution in [0, 0.1) is 17.8 Å². The van der Waals surface area contributed by atoms with E-state index in [9.17, 15) is 4.79 Å². The standard InChI is InChI=1S/C12H23NO2/c1-8(3-4-10-5-6-10)7-11(13)9(2)12(14)15/h8-11H,3-7,13H2,1-2H3,(H,14,15)/t8-,9?,11+/m1/s1. The van der Waals surface area contributed by atoms with E-state index < -0.39 is 11.9 Å². The maximum absolute atomic E-state index is 10.7. The number of carboxylic acid groups (broad SMARTS) is 1. The summed E-state index contributed by atoms with van der Waals surface area (Å²) in [5.74, 6) is 0.313. The van der Waals surface area contributed by atoms with Crippen molar-refractivity contribution in [1.29, 1.82) is 0 Å². The average molecular weight is 213 g/mol. The highest BCUT2D eigenvalue weighted by molar-refractivity contribution is 5.70. The highest BCUT2D eigenvalue weighted by Gasteiger charge is 2.24. The summed E-state index contributed by atoms with van der Waals surface area (Å²) < 4.78 is 0. The largest absolute Gasteiger partial charge is 0.481 e. The fourth-order valence-electron chi connectivity index (χ4n) is 1.90. The summed E-state index contributed by atoms with van der Waals surface area (Å²) in [4.78, 5) is 10.7. The molecule has 1 aliphatic rings. The molecule has 0 aromatic carbocycles. The van der Waals surface area contributed by atoms with Crippen LogP contribution in [0.15, 0.2) is 0 Å². The molecule has 0 amide bonds. The number of aliphatic carboxylic acids is 1. The van der Waals surface area contributed by atoms with Gasteiger partial charge in [-0.25, -0.2) is 0 Å². The van der Waals surface area contributed by atoms with Gasteiger partial charge < -0.3 is 10.8 Å². The Hall–Kier alpha value is -0.570. The van der Waals surface area contributed by atoms with Crippen LogP contribution in [-0.4, -0.2) is 17.1 Å². The molecule has 3 heteroatoms.